The molecule has 0 spiro atoms. The van der Waals surface area contributed by atoms with E-state index < -0.39 is 6.09 Å². The second-order valence-electron chi connectivity index (χ2n) is 5.68. The van der Waals surface area contributed by atoms with Gasteiger partial charge in [-0.05, 0) is 61.2 Å². The van der Waals surface area contributed by atoms with E-state index in [2.05, 4.69) is 10.6 Å². The van der Waals surface area contributed by atoms with Crippen LogP contribution in [0.1, 0.15) is 30.5 Å². The Kier molecular flexibility index (Phi) is 4.55. The van der Waals surface area contributed by atoms with Gasteiger partial charge in [0.05, 0.1) is 24.0 Å². The van der Waals surface area contributed by atoms with E-state index in [1.165, 1.54) is 12.1 Å². The van der Waals surface area contributed by atoms with Crippen molar-refractivity contribution in [2.24, 2.45) is 0 Å². The zero-order chi connectivity index (χ0) is 17.1. The van der Waals surface area contributed by atoms with Crippen LogP contribution in [-0.4, -0.2) is 12.7 Å². The molecule has 0 saturated heterocycles. The second-order valence-corrected chi connectivity index (χ2v) is 5.68. The van der Waals surface area contributed by atoms with Crippen LogP contribution in [0.4, 0.5) is 26.2 Å². The summed E-state index contributed by atoms with van der Waals surface area (Å²) in [5.74, 6) is -0.258. The fourth-order valence-electron chi connectivity index (χ4n) is 3.01. The summed E-state index contributed by atoms with van der Waals surface area (Å²) in [6.45, 7) is 2.05. The normalized spacial score (nSPS) is 15.7. The molecule has 0 bridgehead atoms. The Morgan fingerprint density at radius 3 is 2.75 bits per heavy atom. The van der Waals surface area contributed by atoms with Gasteiger partial charge >= 0.3 is 6.09 Å². The van der Waals surface area contributed by atoms with Gasteiger partial charge in [0.2, 0.25) is 0 Å². The number of carbonyl (C=O) groups is 1. The van der Waals surface area contributed by atoms with Gasteiger partial charge < -0.3 is 15.8 Å². The number of nitrogens with two attached hydrogens (primary N) is 1. The van der Waals surface area contributed by atoms with Crippen LogP contribution < -0.4 is 16.4 Å². The van der Waals surface area contributed by atoms with Crippen molar-refractivity contribution in [3.8, 4) is 0 Å². The molecule has 0 radical (unpaired) electrons. The quantitative estimate of drug-likeness (QED) is 0.739. The van der Waals surface area contributed by atoms with Crippen molar-refractivity contribution < 1.29 is 13.9 Å². The molecule has 3 rings (SSSR count). The summed E-state index contributed by atoms with van der Waals surface area (Å²) in [6.07, 6.45) is 1.20. The third kappa shape index (κ3) is 3.27. The molecule has 0 aromatic heterocycles. The van der Waals surface area contributed by atoms with Gasteiger partial charge in [-0.15, -0.1) is 0 Å². The Hall–Kier alpha value is -2.76. The Bertz CT molecular complexity index is 747. The number of benzene rings is 2. The molecule has 4 N–H and O–H groups in total. The smallest absolute Gasteiger partial charge is 0.411 e. The second kappa shape index (κ2) is 6.78. The Morgan fingerprint density at radius 1 is 1.29 bits per heavy atom. The molecule has 1 aliphatic rings. The highest BCUT2D eigenvalue weighted by Gasteiger charge is 2.25. The lowest BCUT2D eigenvalue weighted by Crippen LogP contribution is -2.15. The topological polar surface area (TPSA) is 76.4 Å². The molecule has 0 fully saturated rings. The highest BCUT2D eigenvalue weighted by Crippen LogP contribution is 2.39. The summed E-state index contributed by atoms with van der Waals surface area (Å²) >= 11 is 0. The van der Waals surface area contributed by atoms with E-state index in [1.807, 2.05) is 6.07 Å². The molecule has 1 aliphatic carbocycles. The monoisotopic (exact) mass is 329 g/mol. The van der Waals surface area contributed by atoms with Gasteiger partial charge in [-0.1, -0.05) is 6.07 Å². The number of anilines is 3. The maximum absolute atomic E-state index is 13.0. The number of hydrogen-bond acceptors (Lipinski definition) is 4. The van der Waals surface area contributed by atoms with Gasteiger partial charge in [-0.25, -0.2) is 9.18 Å². The third-order valence-electron chi connectivity index (χ3n) is 4.15. The summed E-state index contributed by atoms with van der Waals surface area (Å²) in [7, 11) is 0. The number of halogens is 1. The van der Waals surface area contributed by atoms with E-state index in [0.717, 1.165) is 29.7 Å². The lowest BCUT2D eigenvalue weighted by atomic mass is 10.0. The maximum Gasteiger partial charge on any atom is 0.411 e. The lowest BCUT2D eigenvalue weighted by molar-refractivity contribution is 0.168. The number of carbonyl (C=O) groups excluding carboxylic acids is 1. The average molecular weight is 329 g/mol. The molecule has 6 heteroatoms. The first-order valence-corrected chi connectivity index (χ1v) is 7.95. The van der Waals surface area contributed by atoms with Crippen molar-refractivity contribution >= 4 is 23.2 Å². The van der Waals surface area contributed by atoms with Gasteiger partial charge in [-0.3, -0.25) is 5.32 Å². The Labute approximate surface area is 140 Å². The van der Waals surface area contributed by atoms with E-state index in [9.17, 15) is 9.18 Å². The van der Waals surface area contributed by atoms with Gasteiger partial charge in [0.1, 0.15) is 5.82 Å². The van der Waals surface area contributed by atoms with E-state index in [4.69, 9.17) is 10.5 Å². The molecule has 24 heavy (non-hydrogen) atoms. The van der Waals surface area contributed by atoms with E-state index >= 15 is 0 Å². The van der Waals surface area contributed by atoms with Crippen molar-refractivity contribution in [2.45, 2.75) is 25.8 Å². The van der Waals surface area contributed by atoms with Crippen LogP contribution in [0.25, 0.3) is 0 Å². The fourth-order valence-corrected chi connectivity index (χ4v) is 3.01. The first-order chi connectivity index (χ1) is 11.6. The SMILES string of the molecule is CCOC(=O)Nc1ccc2c(c1N)CCC2Nc1ccc(F)cc1. The third-order valence-corrected chi connectivity index (χ3v) is 4.15. The molecular weight excluding hydrogens is 309 g/mol. The lowest BCUT2D eigenvalue weighted by Gasteiger charge is -2.17. The standard InChI is InChI=1S/C18H20FN3O2/c1-2-24-18(23)22-16-10-7-13-14(17(16)20)8-9-15(13)21-12-5-3-11(19)4-6-12/h3-7,10,15,21H,2,8-9,20H2,1H3,(H,22,23). The maximum atomic E-state index is 13.0. The molecule has 0 heterocycles. The fraction of sp³-hybridized carbons (Fsp3) is 0.278. The summed E-state index contributed by atoms with van der Waals surface area (Å²) in [5, 5.41) is 6.06. The number of ether oxygens (including phenoxy) is 1. The largest absolute Gasteiger partial charge is 0.450 e. The van der Waals surface area contributed by atoms with Gasteiger partial charge in [0, 0.05) is 5.69 Å². The van der Waals surface area contributed by atoms with Crippen LogP contribution in [0, 0.1) is 5.82 Å². The number of nitrogens with one attached hydrogen (secondary N) is 2. The molecule has 126 valence electrons. The summed E-state index contributed by atoms with van der Waals surface area (Å²) in [5.41, 5.74) is 10.3. The summed E-state index contributed by atoms with van der Waals surface area (Å²) < 4.78 is 17.9. The number of rotatable bonds is 4. The molecule has 5 nitrogen and oxygen atoms in total. The summed E-state index contributed by atoms with van der Waals surface area (Å²) in [4.78, 5) is 11.6. The first-order valence-electron chi connectivity index (χ1n) is 7.95. The molecule has 2 aromatic carbocycles. The van der Waals surface area contributed by atoms with Crippen LogP contribution >= 0.6 is 0 Å². The van der Waals surface area contributed by atoms with Gasteiger partial charge in [-0.2, -0.15) is 0 Å². The van der Waals surface area contributed by atoms with E-state index in [1.54, 1.807) is 25.1 Å². The molecule has 0 saturated carbocycles. The zero-order valence-electron chi connectivity index (χ0n) is 13.4. The van der Waals surface area contributed by atoms with Crippen LogP contribution in [0.15, 0.2) is 36.4 Å². The minimum atomic E-state index is -0.511. The van der Waals surface area contributed by atoms with Crippen molar-refractivity contribution in [2.75, 3.05) is 23.0 Å². The Balaban J connectivity index is 1.78. The Morgan fingerprint density at radius 2 is 2.04 bits per heavy atom. The molecule has 0 aliphatic heterocycles. The van der Waals surface area contributed by atoms with E-state index in [0.29, 0.717) is 18.0 Å². The minimum absolute atomic E-state index is 0.115. The van der Waals surface area contributed by atoms with Crippen LogP contribution in [-0.2, 0) is 11.2 Å². The molecule has 1 atom stereocenters. The number of hydrogen-bond donors (Lipinski definition) is 3. The zero-order valence-corrected chi connectivity index (χ0v) is 13.4. The number of nitrogen functional groups attached to an aromatic ring is 1. The van der Waals surface area contributed by atoms with Crippen LogP contribution in [0.5, 0.6) is 0 Å². The predicted molar refractivity (Wildman–Crippen MR) is 92.6 cm³/mol. The van der Waals surface area contributed by atoms with Crippen molar-refractivity contribution in [3.63, 3.8) is 0 Å². The first kappa shape index (κ1) is 16.1. The molecular formula is C18H20FN3O2. The highest BCUT2D eigenvalue weighted by molar-refractivity contribution is 5.90. The average Bonchev–Trinajstić information content (AvgIpc) is 2.96. The predicted octanol–water partition coefficient (Wildman–Crippen LogP) is 4.08. The highest BCUT2D eigenvalue weighted by atomic mass is 19.1. The van der Waals surface area contributed by atoms with Crippen LogP contribution in [0.2, 0.25) is 0 Å². The van der Waals surface area contributed by atoms with E-state index in [-0.39, 0.29) is 11.9 Å². The van der Waals surface area contributed by atoms with Crippen molar-refractivity contribution in [3.05, 3.63) is 53.3 Å². The van der Waals surface area contributed by atoms with Crippen molar-refractivity contribution in [1.82, 2.24) is 0 Å². The number of amides is 1. The minimum Gasteiger partial charge on any atom is -0.450 e. The van der Waals surface area contributed by atoms with Gasteiger partial charge in [0.15, 0.2) is 0 Å². The number of fused-ring (bicyclic) bond motifs is 1. The van der Waals surface area contributed by atoms with Gasteiger partial charge in [0.25, 0.3) is 0 Å². The van der Waals surface area contributed by atoms with Crippen LogP contribution in [0.3, 0.4) is 0 Å². The molecule has 1 amide bonds. The summed E-state index contributed by atoms with van der Waals surface area (Å²) in [6, 6.07) is 10.2. The van der Waals surface area contributed by atoms with Crippen molar-refractivity contribution in [1.29, 1.82) is 0 Å². The molecule has 2 aromatic rings. The molecule has 1 unspecified atom stereocenters.